The van der Waals surface area contributed by atoms with Crippen LogP contribution in [0.5, 0.6) is 5.75 Å². The zero-order chi connectivity index (χ0) is 16.4. The van der Waals surface area contributed by atoms with Crippen molar-refractivity contribution in [3.05, 3.63) is 72.1 Å². The van der Waals surface area contributed by atoms with Gasteiger partial charge < -0.3 is 9.64 Å². The van der Waals surface area contributed by atoms with Crippen molar-refractivity contribution in [2.24, 2.45) is 0 Å². The Morgan fingerprint density at radius 1 is 1.12 bits per heavy atom. The van der Waals surface area contributed by atoms with Crippen molar-refractivity contribution in [2.45, 2.75) is 19.1 Å². The molecule has 1 aliphatic heterocycles. The molecule has 4 rings (SSSR count). The molecular formula is C20H21N3O. The van der Waals surface area contributed by atoms with Gasteiger partial charge >= 0.3 is 0 Å². The van der Waals surface area contributed by atoms with Crippen LogP contribution in [0.4, 0.5) is 0 Å². The minimum Gasteiger partial charge on any atom is -0.486 e. The molecule has 0 amide bonds. The van der Waals surface area contributed by atoms with Gasteiger partial charge in [-0.25, -0.2) is 0 Å². The molecule has 4 nitrogen and oxygen atoms in total. The number of hydrogen-bond acceptors (Lipinski definition) is 3. The number of aromatic nitrogens is 2. The van der Waals surface area contributed by atoms with Crippen LogP contribution >= 0.6 is 0 Å². The Bertz CT molecular complexity index is 799. The largest absolute Gasteiger partial charge is 0.486 e. The van der Waals surface area contributed by atoms with Gasteiger partial charge in [-0.2, -0.15) is 5.10 Å². The fraction of sp³-hybridized carbons (Fsp3) is 0.250. The summed E-state index contributed by atoms with van der Waals surface area (Å²) in [7, 11) is 2.17. The zero-order valence-electron chi connectivity index (χ0n) is 13.8. The van der Waals surface area contributed by atoms with Gasteiger partial charge in [-0.15, -0.1) is 0 Å². The Hall–Kier alpha value is -2.59. The molecule has 0 bridgehead atoms. The minimum atomic E-state index is 0.0887. The summed E-state index contributed by atoms with van der Waals surface area (Å²) in [6.07, 6.45) is 4.87. The van der Waals surface area contributed by atoms with Crippen LogP contribution in [0.3, 0.4) is 0 Å². The molecule has 24 heavy (non-hydrogen) atoms. The predicted octanol–water partition coefficient (Wildman–Crippen LogP) is 4.03. The second kappa shape index (κ2) is 6.49. The molecule has 2 aromatic carbocycles. The van der Waals surface area contributed by atoms with Crippen LogP contribution in [0.25, 0.3) is 11.1 Å². The average molecular weight is 319 g/mol. The summed E-state index contributed by atoms with van der Waals surface area (Å²) >= 11 is 0. The number of para-hydroxylation sites is 1. The van der Waals surface area contributed by atoms with Crippen LogP contribution in [0.15, 0.2) is 60.9 Å². The first-order valence-electron chi connectivity index (χ1n) is 8.32. The van der Waals surface area contributed by atoms with Crippen molar-refractivity contribution < 1.29 is 4.74 Å². The molecule has 122 valence electrons. The number of rotatable bonds is 3. The highest BCUT2D eigenvalue weighted by Crippen LogP contribution is 2.33. The second-order valence-corrected chi connectivity index (χ2v) is 6.35. The molecule has 0 saturated heterocycles. The third kappa shape index (κ3) is 3.05. The van der Waals surface area contributed by atoms with E-state index in [0.717, 1.165) is 30.8 Å². The maximum atomic E-state index is 6.30. The van der Waals surface area contributed by atoms with E-state index < -0.39 is 0 Å². The molecule has 0 spiro atoms. The van der Waals surface area contributed by atoms with Gasteiger partial charge in [0, 0.05) is 31.3 Å². The lowest BCUT2D eigenvalue weighted by atomic mass is 9.97. The van der Waals surface area contributed by atoms with E-state index in [4.69, 9.17) is 4.74 Å². The quantitative estimate of drug-likeness (QED) is 0.792. The van der Waals surface area contributed by atoms with E-state index in [2.05, 4.69) is 40.3 Å². The highest BCUT2D eigenvalue weighted by molar-refractivity contribution is 5.63. The number of fused-ring (bicyclic) bond motifs is 1. The SMILES string of the molecule is CN1CCC(Oc2ccccc2)c2ccc(-c3cn[nH]c3)cc2C1. The van der Waals surface area contributed by atoms with E-state index >= 15 is 0 Å². The number of hydrogen-bond donors (Lipinski definition) is 1. The van der Waals surface area contributed by atoms with E-state index in [9.17, 15) is 0 Å². The van der Waals surface area contributed by atoms with Gasteiger partial charge in [0.05, 0.1) is 6.20 Å². The number of nitrogens with zero attached hydrogens (tertiary/aromatic N) is 2. The highest BCUT2D eigenvalue weighted by Gasteiger charge is 2.23. The van der Waals surface area contributed by atoms with E-state index in [1.54, 1.807) is 0 Å². The molecule has 1 atom stereocenters. The van der Waals surface area contributed by atoms with Gasteiger partial charge in [0.2, 0.25) is 0 Å². The summed E-state index contributed by atoms with van der Waals surface area (Å²) in [5.41, 5.74) is 4.92. The molecule has 3 aromatic rings. The lowest BCUT2D eigenvalue weighted by molar-refractivity contribution is 0.182. The number of H-pyrrole nitrogens is 1. The maximum absolute atomic E-state index is 6.30. The second-order valence-electron chi connectivity index (χ2n) is 6.35. The van der Waals surface area contributed by atoms with E-state index in [-0.39, 0.29) is 6.10 Å². The fourth-order valence-electron chi connectivity index (χ4n) is 3.29. The van der Waals surface area contributed by atoms with E-state index in [1.165, 1.54) is 16.7 Å². The molecular weight excluding hydrogens is 298 g/mol. The molecule has 0 fully saturated rings. The number of nitrogens with one attached hydrogen (secondary N) is 1. The van der Waals surface area contributed by atoms with Crippen LogP contribution in [0.1, 0.15) is 23.7 Å². The number of benzene rings is 2. The zero-order valence-corrected chi connectivity index (χ0v) is 13.8. The monoisotopic (exact) mass is 319 g/mol. The smallest absolute Gasteiger partial charge is 0.125 e. The van der Waals surface area contributed by atoms with Crippen molar-refractivity contribution in [3.8, 4) is 16.9 Å². The van der Waals surface area contributed by atoms with E-state index in [1.807, 2.05) is 42.7 Å². The van der Waals surface area contributed by atoms with Crippen LogP contribution in [0.2, 0.25) is 0 Å². The lowest BCUT2D eigenvalue weighted by Crippen LogP contribution is -2.18. The van der Waals surface area contributed by atoms with Crippen molar-refractivity contribution in [3.63, 3.8) is 0 Å². The van der Waals surface area contributed by atoms with Crippen molar-refractivity contribution in [2.75, 3.05) is 13.6 Å². The van der Waals surface area contributed by atoms with Gasteiger partial charge in [0.15, 0.2) is 0 Å². The summed E-state index contributed by atoms with van der Waals surface area (Å²) < 4.78 is 6.30. The first-order valence-corrected chi connectivity index (χ1v) is 8.32. The molecule has 0 radical (unpaired) electrons. The van der Waals surface area contributed by atoms with Gasteiger partial charge in [-0.05, 0) is 41.9 Å². The summed E-state index contributed by atoms with van der Waals surface area (Å²) in [4.78, 5) is 2.35. The Kier molecular flexibility index (Phi) is 4.05. The Balaban J connectivity index is 1.69. The Morgan fingerprint density at radius 2 is 2.00 bits per heavy atom. The summed E-state index contributed by atoms with van der Waals surface area (Å²) in [6, 6.07) is 16.7. The minimum absolute atomic E-state index is 0.0887. The van der Waals surface area contributed by atoms with Crippen LogP contribution in [-0.2, 0) is 6.54 Å². The van der Waals surface area contributed by atoms with Gasteiger partial charge in [-0.3, -0.25) is 5.10 Å². The number of ether oxygens (including phenoxy) is 1. The lowest BCUT2D eigenvalue weighted by Gasteiger charge is -2.20. The number of aromatic amines is 1. The van der Waals surface area contributed by atoms with Gasteiger partial charge in [-0.1, -0.05) is 30.3 Å². The van der Waals surface area contributed by atoms with Crippen LogP contribution in [-0.4, -0.2) is 28.7 Å². The standard InChI is InChI=1S/C20H21N3O/c1-23-10-9-20(24-18-5-3-2-4-6-18)19-8-7-15(11-16(19)14-23)17-12-21-22-13-17/h2-8,11-13,20H,9-10,14H2,1H3,(H,21,22). The molecule has 1 aliphatic rings. The first kappa shape index (κ1) is 15.0. The Morgan fingerprint density at radius 3 is 2.79 bits per heavy atom. The van der Waals surface area contributed by atoms with Crippen molar-refractivity contribution in [1.82, 2.24) is 15.1 Å². The Labute approximate surface area is 142 Å². The molecule has 4 heteroatoms. The normalized spacial score (nSPS) is 18.0. The maximum Gasteiger partial charge on any atom is 0.125 e. The van der Waals surface area contributed by atoms with Gasteiger partial charge in [0.25, 0.3) is 0 Å². The third-order valence-electron chi connectivity index (χ3n) is 4.56. The molecule has 1 N–H and O–H groups in total. The summed E-state index contributed by atoms with van der Waals surface area (Å²) in [6.45, 7) is 1.96. The molecule has 1 aromatic heterocycles. The predicted molar refractivity (Wildman–Crippen MR) is 94.8 cm³/mol. The van der Waals surface area contributed by atoms with E-state index in [0.29, 0.717) is 0 Å². The van der Waals surface area contributed by atoms with Crippen molar-refractivity contribution in [1.29, 1.82) is 0 Å². The molecule has 0 aliphatic carbocycles. The summed E-state index contributed by atoms with van der Waals surface area (Å²) in [5, 5.41) is 6.94. The van der Waals surface area contributed by atoms with Crippen LogP contribution in [0, 0.1) is 0 Å². The van der Waals surface area contributed by atoms with Gasteiger partial charge in [0.1, 0.15) is 11.9 Å². The molecule has 0 saturated carbocycles. The topological polar surface area (TPSA) is 41.1 Å². The van der Waals surface area contributed by atoms with Crippen molar-refractivity contribution >= 4 is 0 Å². The first-order chi connectivity index (χ1) is 11.8. The molecule has 2 heterocycles. The average Bonchev–Trinajstić information content (AvgIpc) is 3.09. The highest BCUT2D eigenvalue weighted by atomic mass is 16.5. The molecule has 1 unspecified atom stereocenters. The fourth-order valence-corrected chi connectivity index (χ4v) is 3.29. The van der Waals surface area contributed by atoms with Crippen LogP contribution < -0.4 is 4.74 Å². The summed E-state index contributed by atoms with van der Waals surface area (Å²) in [5.74, 6) is 0.928. The third-order valence-corrected chi connectivity index (χ3v) is 4.56.